The van der Waals surface area contributed by atoms with Gasteiger partial charge < -0.3 is 10.5 Å². The number of carbonyl (C=O) groups excluding carboxylic acids is 1. The van der Waals surface area contributed by atoms with Crippen molar-refractivity contribution in [3.8, 4) is 5.75 Å². The van der Waals surface area contributed by atoms with E-state index in [2.05, 4.69) is 0 Å². The third kappa shape index (κ3) is 7.60. The first-order valence-corrected chi connectivity index (χ1v) is 8.57. The van der Waals surface area contributed by atoms with Gasteiger partial charge in [0.2, 0.25) is 0 Å². The lowest BCUT2D eigenvalue weighted by Crippen LogP contribution is -2.08. The van der Waals surface area contributed by atoms with Crippen molar-refractivity contribution in [2.24, 2.45) is 11.7 Å². The number of unbranched alkanes of at least 4 members (excludes halogenated alkanes) is 2. The Morgan fingerprint density at radius 2 is 1.96 bits per heavy atom. The molecule has 0 spiro atoms. The van der Waals surface area contributed by atoms with Crippen molar-refractivity contribution in [1.29, 1.82) is 0 Å². The summed E-state index contributed by atoms with van der Waals surface area (Å²) >= 11 is 0. The Kier molecular flexibility index (Phi) is 8.85. The van der Waals surface area contributed by atoms with Gasteiger partial charge in [0.05, 0.1) is 6.61 Å². The van der Waals surface area contributed by atoms with Gasteiger partial charge in [-0.25, -0.2) is 4.39 Å². The molecule has 0 saturated heterocycles. The van der Waals surface area contributed by atoms with E-state index in [-0.39, 0.29) is 11.6 Å². The Balaban J connectivity index is 2.48. The quantitative estimate of drug-likeness (QED) is 0.621. The van der Waals surface area contributed by atoms with E-state index in [4.69, 9.17) is 10.5 Å². The van der Waals surface area contributed by atoms with Gasteiger partial charge in [-0.05, 0) is 55.8 Å². The van der Waals surface area contributed by atoms with Crippen LogP contribution in [0.15, 0.2) is 12.1 Å². The van der Waals surface area contributed by atoms with E-state index in [1.165, 1.54) is 0 Å². The minimum absolute atomic E-state index is 0.221. The van der Waals surface area contributed by atoms with E-state index in [9.17, 15) is 9.18 Å². The van der Waals surface area contributed by atoms with Crippen LogP contribution in [0.25, 0.3) is 0 Å². The molecule has 0 bridgehead atoms. The van der Waals surface area contributed by atoms with Crippen LogP contribution in [0, 0.1) is 18.7 Å². The lowest BCUT2D eigenvalue weighted by atomic mass is 10.0. The fourth-order valence-electron chi connectivity index (χ4n) is 2.45. The molecule has 1 aromatic carbocycles. The summed E-state index contributed by atoms with van der Waals surface area (Å²) in [6.07, 6.45) is 4.37. The number of Topliss-reactive ketones (excluding diaryl/α,β-unsaturated/α-hetero) is 1. The van der Waals surface area contributed by atoms with Crippen molar-refractivity contribution in [2.75, 3.05) is 13.2 Å². The van der Waals surface area contributed by atoms with Crippen molar-refractivity contribution < 1.29 is 13.9 Å². The van der Waals surface area contributed by atoms with Gasteiger partial charge in [0, 0.05) is 12.8 Å². The van der Waals surface area contributed by atoms with Crippen molar-refractivity contribution in [3.05, 3.63) is 29.1 Å². The average Bonchev–Trinajstić information content (AvgIpc) is 2.48. The number of benzene rings is 1. The maximum absolute atomic E-state index is 14.4. The Morgan fingerprint density at radius 3 is 2.61 bits per heavy atom. The lowest BCUT2D eigenvalue weighted by molar-refractivity contribution is -0.119. The molecule has 0 aromatic heterocycles. The summed E-state index contributed by atoms with van der Waals surface area (Å²) in [7, 11) is 0. The number of halogens is 1. The van der Waals surface area contributed by atoms with Crippen molar-refractivity contribution in [2.45, 2.75) is 59.3 Å². The predicted molar refractivity (Wildman–Crippen MR) is 92.3 cm³/mol. The van der Waals surface area contributed by atoms with E-state index in [0.717, 1.165) is 24.8 Å². The number of ketones is 1. The number of hydrogen-bond acceptors (Lipinski definition) is 3. The number of carbonyl (C=O) groups is 1. The summed E-state index contributed by atoms with van der Waals surface area (Å²) in [6, 6.07) is 3.64. The zero-order valence-corrected chi connectivity index (χ0v) is 14.7. The van der Waals surface area contributed by atoms with Crippen LogP contribution in [-0.4, -0.2) is 18.9 Å². The topological polar surface area (TPSA) is 52.3 Å². The van der Waals surface area contributed by atoms with Crippen LogP contribution in [0.2, 0.25) is 0 Å². The van der Waals surface area contributed by atoms with E-state index < -0.39 is 0 Å². The highest BCUT2D eigenvalue weighted by Gasteiger charge is 2.11. The fourth-order valence-corrected chi connectivity index (χ4v) is 2.45. The van der Waals surface area contributed by atoms with Gasteiger partial charge in [0.1, 0.15) is 5.78 Å². The average molecular weight is 323 g/mol. The molecule has 130 valence electrons. The second kappa shape index (κ2) is 10.4. The van der Waals surface area contributed by atoms with Gasteiger partial charge in [0.25, 0.3) is 0 Å². The van der Waals surface area contributed by atoms with E-state index >= 15 is 0 Å². The second-order valence-corrected chi connectivity index (χ2v) is 6.58. The largest absolute Gasteiger partial charge is 0.490 e. The molecule has 1 aromatic rings. The highest BCUT2D eigenvalue weighted by Crippen LogP contribution is 2.25. The third-order valence-corrected chi connectivity index (χ3v) is 3.66. The van der Waals surface area contributed by atoms with Gasteiger partial charge in [-0.15, -0.1) is 0 Å². The maximum Gasteiger partial charge on any atom is 0.168 e. The van der Waals surface area contributed by atoms with Gasteiger partial charge in [-0.2, -0.15) is 0 Å². The number of aryl methyl sites for hydroxylation is 2. The third-order valence-electron chi connectivity index (χ3n) is 3.66. The summed E-state index contributed by atoms with van der Waals surface area (Å²) in [5.74, 6) is 0.699. The summed E-state index contributed by atoms with van der Waals surface area (Å²) in [6.45, 7) is 6.98. The van der Waals surface area contributed by atoms with Gasteiger partial charge >= 0.3 is 0 Å². The Morgan fingerprint density at radius 1 is 1.22 bits per heavy atom. The van der Waals surface area contributed by atoms with Crippen molar-refractivity contribution >= 4 is 5.78 Å². The molecule has 0 aliphatic rings. The molecule has 0 atom stereocenters. The monoisotopic (exact) mass is 323 g/mol. The molecule has 0 heterocycles. The van der Waals surface area contributed by atoms with Crippen molar-refractivity contribution in [1.82, 2.24) is 0 Å². The lowest BCUT2D eigenvalue weighted by Gasteiger charge is -2.13. The summed E-state index contributed by atoms with van der Waals surface area (Å²) < 4.78 is 20.0. The number of nitrogens with two attached hydrogens (primary N) is 1. The van der Waals surface area contributed by atoms with E-state index in [0.29, 0.717) is 49.6 Å². The molecule has 0 aliphatic heterocycles. The highest BCUT2D eigenvalue weighted by molar-refractivity contribution is 5.78. The molecular formula is C19H30FNO2. The van der Waals surface area contributed by atoms with E-state index in [1.54, 1.807) is 6.07 Å². The smallest absolute Gasteiger partial charge is 0.168 e. The molecule has 1 rings (SSSR count). The van der Waals surface area contributed by atoms with Crippen LogP contribution in [-0.2, 0) is 11.2 Å². The number of hydrogen-bond donors (Lipinski definition) is 1. The maximum atomic E-state index is 14.4. The van der Waals surface area contributed by atoms with Crippen LogP contribution >= 0.6 is 0 Å². The Hall–Kier alpha value is -1.42. The van der Waals surface area contributed by atoms with Crippen molar-refractivity contribution in [3.63, 3.8) is 0 Å². The molecule has 3 nitrogen and oxygen atoms in total. The fraction of sp³-hybridized carbons (Fsp3) is 0.632. The molecular weight excluding hydrogens is 293 g/mol. The standard InChI is InChI=1S/C19H30FNO2/c1-14(2)13-23-18-12-15(3)11-16(19(18)20)7-5-4-6-8-17(22)9-10-21/h11-12,14H,4-10,13,21H2,1-3H3. The first-order chi connectivity index (χ1) is 10.9. The summed E-state index contributed by atoms with van der Waals surface area (Å²) in [5, 5.41) is 0. The van der Waals surface area contributed by atoms with Crippen LogP contribution in [0.5, 0.6) is 5.75 Å². The van der Waals surface area contributed by atoms with Gasteiger partial charge in [-0.1, -0.05) is 26.3 Å². The summed E-state index contributed by atoms with van der Waals surface area (Å²) in [4.78, 5) is 11.4. The van der Waals surface area contributed by atoms with E-state index in [1.807, 2.05) is 26.8 Å². The second-order valence-electron chi connectivity index (χ2n) is 6.58. The minimum atomic E-state index is -0.240. The van der Waals surface area contributed by atoms with Crippen LogP contribution in [0.4, 0.5) is 4.39 Å². The molecule has 0 unspecified atom stereocenters. The molecule has 0 aliphatic carbocycles. The molecule has 0 fully saturated rings. The van der Waals surface area contributed by atoms with Gasteiger partial charge in [0.15, 0.2) is 11.6 Å². The Labute approximate surface area is 139 Å². The molecule has 4 heteroatoms. The summed E-state index contributed by atoms with van der Waals surface area (Å²) in [5.41, 5.74) is 7.07. The number of ether oxygens (including phenoxy) is 1. The molecule has 0 radical (unpaired) electrons. The predicted octanol–water partition coefficient (Wildman–Crippen LogP) is 4.19. The highest BCUT2D eigenvalue weighted by atomic mass is 19.1. The molecule has 0 saturated carbocycles. The first kappa shape index (κ1) is 19.6. The van der Waals surface area contributed by atoms with Gasteiger partial charge in [-0.3, -0.25) is 4.79 Å². The molecule has 23 heavy (non-hydrogen) atoms. The Bertz CT molecular complexity index is 500. The molecule has 2 N–H and O–H groups in total. The zero-order chi connectivity index (χ0) is 17.2. The zero-order valence-electron chi connectivity index (χ0n) is 14.7. The van der Waals surface area contributed by atoms with Crippen LogP contribution < -0.4 is 10.5 Å². The SMILES string of the molecule is Cc1cc(CCCCCC(=O)CCN)c(F)c(OCC(C)C)c1. The van der Waals surface area contributed by atoms with Crippen LogP contribution in [0.3, 0.4) is 0 Å². The minimum Gasteiger partial charge on any atom is -0.490 e. The first-order valence-electron chi connectivity index (χ1n) is 8.57. The number of rotatable bonds is 11. The van der Waals surface area contributed by atoms with Crippen LogP contribution in [0.1, 0.15) is 57.1 Å². The molecule has 0 amide bonds. The normalized spacial score (nSPS) is 11.0.